The van der Waals surface area contributed by atoms with Gasteiger partial charge in [-0.2, -0.15) is 14.6 Å². The summed E-state index contributed by atoms with van der Waals surface area (Å²) in [4.78, 5) is 11.1. The Morgan fingerprint density at radius 2 is 2.29 bits per heavy atom. The number of unbranched alkanes of at least 4 members (excludes halogenated alkanes) is 1. The third-order valence-corrected chi connectivity index (χ3v) is 6.03. The van der Waals surface area contributed by atoms with Gasteiger partial charge in [-0.05, 0) is 18.8 Å². The molecule has 0 saturated carbocycles. The molecule has 1 aliphatic heterocycles. The van der Waals surface area contributed by atoms with Gasteiger partial charge in [-0.3, -0.25) is 10.00 Å². The highest BCUT2D eigenvalue weighted by atomic mass is 32.2. The molecule has 1 fully saturated rings. The fourth-order valence-electron chi connectivity index (χ4n) is 3.80. The summed E-state index contributed by atoms with van der Waals surface area (Å²) in [6.45, 7) is 6.29. The van der Waals surface area contributed by atoms with Crippen LogP contribution in [0.3, 0.4) is 0 Å². The van der Waals surface area contributed by atoms with Crippen LogP contribution in [0.1, 0.15) is 33.1 Å². The lowest BCUT2D eigenvalue weighted by Crippen LogP contribution is -2.46. The normalized spacial score (nSPS) is 20.7. The van der Waals surface area contributed by atoms with E-state index in [4.69, 9.17) is 9.29 Å². The van der Waals surface area contributed by atoms with Crippen molar-refractivity contribution in [1.29, 1.82) is 0 Å². The lowest BCUT2D eigenvalue weighted by molar-refractivity contribution is 0.194. The number of aromatic nitrogens is 6. The molecule has 0 spiro atoms. The van der Waals surface area contributed by atoms with E-state index in [1.165, 1.54) is 0 Å². The van der Waals surface area contributed by atoms with Crippen molar-refractivity contribution in [2.45, 2.75) is 39.2 Å². The molecule has 3 aromatic heterocycles. The van der Waals surface area contributed by atoms with Crippen LogP contribution in [-0.4, -0.2) is 75.1 Å². The lowest BCUT2D eigenvalue weighted by atomic mass is 9.94. The molecule has 0 radical (unpaired) electrons. The van der Waals surface area contributed by atoms with Crippen molar-refractivity contribution in [3.63, 3.8) is 0 Å². The van der Waals surface area contributed by atoms with E-state index in [-0.39, 0.29) is 17.8 Å². The summed E-state index contributed by atoms with van der Waals surface area (Å²) in [6, 6.07) is 0.173. The van der Waals surface area contributed by atoms with Crippen LogP contribution in [0.15, 0.2) is 18.6 Å². The summed E-state index contributed by atoms with van der Waals surface area (Å²) in [6.07, 6.45) is 7.94. The van der Waals surface area contributed by atoms with Gasteiger partial charge in [0.1, 0.15) is 11.6 Å². The lowest BCUT2D eigenvalue weighted by Gasteiger charge is -2.36. The first-order valence-corrected chi connectivity index (χ1v) is 11.8. The number of fused-ring (bicyclic) bond motifs is 1. The van der Waals surface area contributed by atoms with Gasteiger partial charge in [-0.15, -0.1) is 5.10 Å². The number of anilines is 1. The summed E-state index contributed by atoms with van der Waals surface area (Å²) < 4.78 is 28.0. The molecule has 11 nitrogen and oxygen atoms in total. The third kappa shape index (κ3) is 5.02. The van der Waals surface area contributed by atoms with Gasteiger partial charge in [0.2, 0.25) is 11.8 Å². The van der Waals surface area contributed by atoms with Crippen molar-refractivity contribution in [1.82, 2.24) is 34.7 Å². The molecule has 4 rings (SSSR count). The largest absolute Gasteiger partial charge is 0.476 e. The van der Waals surface area contributed by atoms with Gasteiger partial charge < -0.3 is 14.6 Å². The standard InChI is InChI=1S/C19H28N8O3S/c1-3-4-7-30-18-17(14-8-21-22-9-14)20-10-16-24-19(25-27(16)18)23-15-5-6-26(11-13(15)2)12-31(28)29/h8-10,13,15H,3-7,11-12H2,1-2H3,(H,21,22)(H,23,25)(H,28,29)/t13-,15+/m1/s1. The number of hydrogen-bond donors (Lipinski definition) is 3. The molecule has 3 N–H and O–H groups in total. The quantitative estimate of drug-likeness (QED) is 0.332. The fourth-order valence-corrected chi connectivity index (χ4v) is 4.35. The van der Waals surface area contributed by atoms with Crippen LogP contribution in [0.2, 0.25) is 0 Å². The Morgan fingerprint density at radius 1 is 1.42 bits per heavy atom. The number of likely N-dealkylation sites (tertiary alicyclic amines) is 1. The summed E-state index contributed by atoms with van der Waals surface area (Å²) in [5.74, 6) is 1.53. The van der Waals surface area contributed by atoms with Crippen LogP contribution in [-0.2, 0) is 11.1 Å². The minimum atomic E-state index is -1.81. The maximum Gasteiger partial charge on any atom is 0.244 e. The monoisotopic (exact) mass is 448 g/mol. The van der Waals surface area contributed by atoms with Gasteiger partial charge in [0.15, 0.2) is 16.7 Å². The van der Waals surface area contributed by atoms with E-state index < -0.39 is 11.1 Å². The van der Waals surface area contributed by atoms with Crippen LogP contribution in [0.5, 0.6) is 5.88 Å². The van der Waals surface area contributed by atoms with Crippen molar-refractivity contribution in [3.05, 3.63) is 18.6 Å². The number of rotatable bonds is 9. The number of nitrogens with zero attached hydrogens (tertiary/aromatic N) is 6. The van der Waals surface area contributed by atoms with Gasteiger partial charge in [0.25, 0.3) is 0 Å². The second-order valence-corrected chi connectivity index (χ2v) is 8.75. The Morgan fingerprint density at radius 3 is 3.00 bits per heavy atom. The van der Waals surface area contributed by atoms with Crippen LogP contribution in [0.4, 0.5) is 5.95 Å². The Labute approximate surface area is 182 Å². The number of hydrogen-bond acceptors (Lipinski definition) is 8. The summed E-state index contributed by atoms with van der Waals surface area (Å²) in [7, 11) is 0. The molecule has 0 aliphatic carbocycles. The van der Waals surface area contributed by atoms with Crippen LogP contribution < -0.4 is 10.1 Å². The summed E-state index contributed by atoms with van der Waals surface area (Å²) in [5.41, 5.74) is 2.08. The zero-order valence-electron chi connectivity index (χ0n) is 17.7. The fraction of sp³-hybridized carbons (Fsp3) is 0.579. The van der Waals surface area contributed by atoms with Gasteiger partial charge in [0, 0.05) is 30.9 Å². The second-order valence-electron chi connectivity index (χ2n) is 7.85. The maximum absolute atomic E-state index is 11.1. The first kappa shape index (κ1) is 21.7. The van der Waals surface area contributed by atoms with E-state index in [1.807, 2.05) is 4.90 Å². The minimum absolute atomic E-state index is 0.173. The average Bonchev–Trinajstić information content (AvgIpc) is 3.39. The molecule has 12 heteroatoms. The predicted octanol–water partition coefficient (Wildman–Crippen LogP) is 1.99. The summed E-state index contributed by atoms with van der Waals surface area (Å²) in [5, 5.41) is 14.9. The highest BCUT2D eigenvalue weighted by Crippen LogP contribution is 2.29. The Hall–Kier alpha value is -2.57. The van der Waals surface area contributed by atoms with Crippen molar-refractivity contribution in [2.24, 2.45) is 5.92 Å². The van der Waals surface area contributed by atoms with Gasteiger partial charge >= 0.3 is 0 Å². The van der Waals surface area contributed by atoms with Gasteiger partial charge in [-0.25, -0.2) is 9.19 Å². The zero-order valence-corrected chi connectivity index (χ0v) is 18.5. The maximum atomic E-state index is 11.1. The summed E-state index contributed by atoms with van der Waals surface area (Å²) >= 11 is -1.81. The molecule has 3 aromatic rings. The number of nitrogens with one attached hydrogen (secondary N) is 2. The minimum Gasteiger partial charge on any atom is -0.476 e. The van der Waals surface area contributed by atoms with Crippen molar-refractivity contribution in [2.75, 3.05) is 30.9 Å². The molecular weight excluding hydrogens is 420 g/mol. The SMILES string of the molecule is CCCCOc1c(-c2cn[nH]c2)ncc2nc(N[C@H]3CCN(CS(=O)O)C[C@H]3C)nn12. The van der Waals surface area contributed by atoms with E-state index >= 15 is 0 Å². The first-order valence-electron chi connectivity index (χ1n) is 10.5. The Kier molecular flexibility index (Phi) is 6.78. The van der Waals surface area contributed by atoms with E-state index in [0.29, 0.717) is 29.8 Å². The molecule has 1 aliphatic rings. The Balaban J connectivity index is 1.56. The highest BCUT2D eigenvalue weighted by molar-refractivity contribution is 7.79. The van der Waals surface area contributed by atoms with Crippen molar-refractivity contribution >= 4 is 22.7 Å². The van der Waals surface area contributed by atoms with E-state index in [2.05, 4.69) is 44.4 Å². The second kappa shape index (κ2) is 9.71. The predicted molar refractivity (Wildman–Crippen MR) is 117 cm³/mol. The number of aromatic amines is 1. The van der Waals surface area contributed by atoms with Crippen LogP contribution in [0, 0.1) is 5.92 Å². The van der Waals surface area contributed by atoms with E-state index in [9.17, 15) is 4.21 Å². The van der Waals surface area contributed by atoms with E-state index in [1.54, 1.807) is 23.1 Å². The van der Waals surface area contributed by atoms with Crippen molar-refractivity contribution < 1.29 is 13.5 Å². The molecule has 1 unspecified atom stereocenters. The molecule has 31 heavy (non-hydrogen) atoms. The number of H-pyrrole nitrogens is 1. The topological polar surface area (TPSA) is 134 Å². The van der Waals surface area contributed by atoms with Gasteiger partial charge in [-0.1, -0.05) is 20.3 Å². The molecule has 0 amide bonds. The van der Waals surface area contributed by atoms with Crippen LogP contribution in [0.25, 0.3) is 16.9 Å². The third-order valence-electron chi connectivity index (χ3n) is 5.44. The molecule has 0 bridgehead atoms. The molecule has 0 aromatic carbocycles. The first-order chi connectivity index (χ1) is 15.0. The highest BCUT2D eigenvalue weighted by Gasteiger charge is 2.28. The van der Waals surface area contributed by atoms with Crippen molar-refractivity contribution in [3.8, 4) is 17.1 Å². The van der Waals surface area contributed by atoms with Gasteiger partial charge in [0.05, 0.1) is 19.0 Å². The van der Waals surface area contributed by atoms with Crippen LogP contribution >= 0.6 is 0 Å². The molecule has 3 atom stereocenters. The smallest absolute Gasteiger partial charge is 0.244 e. The number of piperidine rings is 1. The van der Waals surface area contributed by atoms with E-state index in [0.717, 1.165) is 37.9 Å². The zero-order chi connectivity index (χ0) is 21.8. The molecule has 4 heterocycles. The Bertz CT molecular complexity index is 1020. The molecule has 1 saturated heterocycles. The average molecular weight is 449 g/mol. The molecular formula is C19H28N8O3S. The molecule has 168 valence electrons. The number of ether oxygens (including phenoxy) is 1.